The maximum atomic E-state index is 11.9. The molecule has 0 aliphatic rings. The molecule has 6 heteroatoms. The number of hydrogen-bond donors (Lipinski definition) is 0. The predicted octanol–water partition coefficient (Wildman–Crippen LogP) is 12.3. The van der Waals surface area contributed by atoms with Gasteiger partial charge in [-0.05, 0) is 32.1 Å². The molecule has 39 heavy (non-hydrogen) atoms. The fourth-order valence-electron chi connectivity index (χ4n) is 4.51. The molecular formula is C33H67O4PS. The van der Waals surface area contributed by atoms with Gasteiger partial charge in [0.1, 0.15) is 0 Å². The third-order valence-electron chi connectivity index (χ3n) is 7.12. The molecule has 0 unspecified atom stereocenters. The van der Waals surface area contributed by atoms with E-state index in [9.17, 15) is 4.79 Å². The zero-order chi connectivity index (χ0) is 28.5. The summed E-state index contributed by atoms with van der Waals surface area (Å²) in [5.74, 6) is 1.12. The Bertz CT molecular complexity index is 463. The first-order chi connectivity index (χ1) is 19.2. The second-order valence-corrected chi connectivity index (χ2v) is 14.4. The van der Waals surface area contributed by atoms with E-state index in [4.69, 9.17) is 13.8 Å². The Morgan fingerprint density at radius 3 is 1.36 bits per heavy atom. The molecule has 4 nitrogen and oxygen atoms in total. The Morgan fingerprint density at radius 1 is 0.487 bits per heavy atom. The van der Waals surface area contributed by atoms with E-state index >= 15 is 0 Å². The molecule has 0 N–H and O–H groups in total. The van der Waals surface area contributed by atoms with Crippen LogP contribution in [0.4, 0.5) is 0 Å². The van der Waals surface area contributed by atoms with Gasteiger partial charge in [0.05, 0.1) is 19.8 Å². The fraction of sp³-hybridized carbons (Fsp3) is 0.970. The molecule has 0 saturated carbocycles. The van der Waals surface area contributed by atoms with Crippen molar-refractivity contribution in [2.45, 2.75) is 181 Å². The van der Waals surface area contributed by atoms with Crippen LogP contribution in [0.2, 0.25) is 0 Å². The minimum Gasteiger partial charge on any atom is -0.466 e. The van der Waals surface area contributed by atoms with Crippen molar-refractivity contribution in [2.75, 3.05) is 25.6 Å². The van der Waals surface area contributed by atoms with Crippen LogP contribution in [-0.4, -0.2) is 31.5 Å². The third-order valence-corrected chi connectivity index (χ3v) is 10.4. The number of hydrogen-bond acceptors (Lipinski definition) is 5. The minimum atomic E-state index is -0.799. The minimum absolute atomic E-state index is 0.00441. The van der Waals surface area contributed by atoms with Gasteiger partial charge < -0.3 is 13.8 Å². The van der Waals surface area contributed by atoms with Crippen LogP contribution in [0.3, 0.4) is 0 Å². The lowest BCUT2D eigenvalue weighted by Crippen LogP contribution is -2.05. The van der Waals surface area contributed by atoms with Crippen LogP contribution >= 0.6 is 19.0 Å². The molecule has 0 aliphatic carbocycles. The summed E-state index contributed by atoms with van der Waals surface area (Å²) >= 11 is 1.91. The smallest absolute Gasteiger partial charge is 0.305 e. The zero-order valence-corrected chi connectivity index (χ0v) is 28.2. The fourth-order valence-corrected chi connectivity index (χ4v) is 7.50. The molecule has 0 rings (SSSR count). The standard InChI is InChI=1S/C33H67O4PS/c1-4-7-10-13-19-24-29-35-33(34)28-23-18-16-17-22-27-32-39-38(36-30-25-20-14-11-8-5-2)37-31-26-21-15-12-9-6-3/h4-32H2,1-3H3. The lowest BCUT2D eigenvalue weighted by Gasteiger charge is -2.17. The quantitative estimate of drug-likeness (QED) is 0.0432. The summed E-state index contributed by atoms with van der Waals surface area (Å²) in [6, 6.07) is 0. The summed E-state index contributed by atoms with van der Waals surface area (Å²) in [7, 11) is -0.799. The topological polar surface area (TPSA) is 44.8 Å². The van der Waals surface area contributed by atoms with Gasteiger partial charge >= 0.3 is 5.97 Å². The van der Waals surface area contributed by atoms with Crippen molar-refractivity contribution in [3.8, 4) is 0 Å². The maximum absolute atomic E-state index is 11.9. The van der Waals surface area contributed by atoms with Crippen LogP contribution in [-0.2, 0) is 18.6 Å². The molecule has 0 heterocycles. The highest BCUT2D eigenvalue weighted by atomic mass is 32.7. The van der Waals surface area contributed by atoms with Crippen LogP contribution in [0.15, 0.2) is 0 Å². The molecule has 0 aromatic carbocycles. The second-order valence-electron chi connectivity index (χ2n) is 11.1. The lowest BCUT2D eigenvalue weighted by atomic mass is 10.1. The van der Waals surface area contributed by atoms with E-state index in [-0.39, 0.29) is 5.97 Å². The molecular weight excluding hydrogens is 523 g/mol. The predicted molar refractivity (Wildman–Crippen MR) is 175 cm³/mol. The van der Waals surface area contributed by atoms with E-state index in [0.717, 1.165) is 51.1 Å². The Morgan fingerprint density at radius 2 is 0.872 bits per heavy atom. The summed E-state index contributed by atoms with van der Waals surface area (Å²) < 4.78 is 17.8. The van der Waals surface area contributed by atoms with Crippen LogP contribution < -0.4 is 0 Å². The highest BCUT2D eigenvalue weighted by Crippen LogP contribution is 2.52. The molecule has 234 valence electrons. The van der Waals surface area contributed by atoms with Crippen LogP contribution in [0.5, 0.6) is 0 Å². The van der Waals surface area contributed by atoms with E-state index in [0.29, 0.717) is 13.0 Å². The average Bonchev–Trinajstić information content (AvgIpc) is 2.94. The molecule has 0 saturated heterocycles. The van der Waals surface area contributed by atoms with E-state index in [1.54, 1.807) is 0 Å². The summed E-state index contributed by atoms with van der Waals surface area (Å²) in [6.45, 7) is 9.08. The first-order valence-electron chi connectivity index (χ1n) is 17.1. The Hall–Kier alpha value is 0.170. The van der Waals surface area contributed by atoms with Crippen molar-refractivity contribution in [1.29, 1.82) is 0 Å². The van der Waals surface area contributed by atoms with Crippen molar-refractivity contribution in [1.82, 2.24) is 0 Å². The monoisotopic (exact) mass is 590 g/mol. The number of carbonyl (C=O) groups is 1. The van der Waals surface area contributed by atoms with Crippen LogP contribution in [0, 0.1) is 0 Å². The van der Waals surface area contributed by atoms with Crippen molar-refractivity contribution in [3.63, 3.8) is 0 Å². The summed E-state index contributed by atoms with van der Waals surface area (Å²) in [4.78, 5) is 11.9. The van der Waals surface area contributed by atoms with Gasteiger partial charge in [-0.25, -0.2) is 0 Å². The van der Waals surface area contributed by atoms with E-state index in [1.807, 2.05) is 11.4 Å². The third kappa shape index (κ3) is 32.5. The van der Waals surface area contributed by atoms with Gasteiger partial charge in [-0.2, -0.15) is 0 Å². The van der Waals surface area contributed by atoms with E-state index in [1.165, 1.54) is 122 Å². The number of carbonyl (C=O) groups excluding carboxylic acids is 1. The number of unbranched alkanes of at least 4 members (excludes halogenated alkanes) is 20. The Labute approximate surface area is 249 Å². The zero-order valence-electron chi connectivity index (χ0n) is 26.5. The van der Waals surface area contributed by atoms with Gasteiger partial charge in [0.25, 0.3) is 0 Å². The van der Waals surface area contributed by atoms with Gasteiger partial charge in [-0.15, -0.1) is 0 Å². The van der Waals surface area contributed by atoms with Crippen molar-refractivity contribution in [3.05, 3.63) is 0 Å². The first-order valence-corrected chi connectivity index (χ1v) is 19.9. The molecule has 0 spiro atoms. The first kappa shape index (κ1) is 39.2. The molecule has 0 aliphatic heterocycles. The normalized spacial score (nSPS) is 11.5. The van der Waals surface area contributed by atoms with Crippen molar-refractivity contribution >= 4 is 24.9 Å². The Balaban J connectivity index is 3.77. The van der Waals surface area contributed by atoms with Crippen LogP contribution in [0.25, 0.3) is 0 Å². The highest BCUT2D eigenvalue weighted by Gasteiger charge is 2.11. The van der Waals surface area contributed by atoms with E-state index in [2.05, 4.69) is 20.8 Å². The number of rotatable bonds is 33. The number of ether oxygens (including phenoxy) is 1. The highest BCUT2D eigenvalue weighted by molar-refractivity contribution is 8.52. The van der Waals surface area contributed by atoms with Gasteiger partial charge in [0.15, 0.2) is 0 Å². The number of esters is 1. The molecule has 0 aromatic heterocycles. The van der Waals surface area contributed by atoms with Crippen LogP contribution in [0.1, 0.15) is 181 Å². The van der Waals surface area contributed by atoms with Gasteiger partial charge in [0, 0.05) is 12.2 Å². The van der Waals surface area contributed by atoms with E-state index < -0.39 is 7.58 Å². The lowest BCUT2D eigenvalue weighted by molar-refractivity contribution is -0.143. The molecule has 0 radical (unpaired) electrons. The molecule has 0 aromatic rings. The largest absolute Gasteiger partial charge is 0.466 e. The second kappa shape index (κ2) is 34.4. The summed E-state index contributed by atoms with van der Waals surface area (Å²) in [5.41, 5.74) is 0. The van der Waals surface area contributed by atoms with Gasteiger partial charge in [-0.3, -0.25) is 4.79 Å². The average molecular weight is 591 g/mol. The van der Waals surface area contributed by atoms with Gasteiger partial charge in [-0.1, -0.05) is 154 Å². The SMILES string of the molecule is CCCCCCCCOC(=O)CCCCCCCCSP(OCCCCCCCC)OCCCCCCCC. The molecule has 0 amide bonds. The molecule has 0 atom stereocenters. The van der Waals surface area contributed by atoms with Crippen molar-refractivity contribution in [2.24, 2.45) is 0 Å². The van der Waals surface area contributed by atoms with Gasteiger partial charge in [0.2, 0.25) is 7.58 Å². The maximum Gasteiger partial charge on any atom is 0.305 e. The summed E-state index contributed by atoms with van der Waals surface area (Å²) in [6.07, 6.45) is 30.6. The van der Waals surface area contributed by atoms with Crippen molar-refractivity contribution < 1.29 is 18.6 Å². The molecule has 0 bridgehead atoms. The summed E-state index contributed by atoms with van der Waals surface area (Å²) in [5, 5.41) is 0. The molecule has 0 fully saturated rings. The Kier molecular flexibility index (Phi) is 34.5.